The molecule has 0 radical (unpaired) electrons. The maximum atomic E-state index is 5.31. The minimum absolute atomic E-state index is 0.429. The van der Waals surface area contributed by atoms with Gasteiger partial charge in [-0.15, -0.1) is 0 Å². The van der Waals surface area contributed by atoms with Gasteiger partial charge in [-0.1, -0.05) is 20.8 Å². The van der Waals surface area contributed by atoms with Crippen LogP contribution in [0, 0.1) is 5.41 Å². The van der Waals surface area contributed by atoms with E-state index in [1.54, 1.807) is 0 Å². The normalized spacial score (nSPS) is 25.1. The van der Waals surface area contributed by atoms with E-state index in [9.17, 15) is 0 Å². The Labute approximate surface area is 107 Å². The van der Waals surface area contributed by atoms with Crippen molar-refractivity contribution in [1.29, 1.82) is 0 Å². The molecule has 0 unspecified atom stereocenters. The molecular weight excluding hydrogens is 212 g/mol. The summed E-state index contributed by atoms with van der Waals surface area (Å²) < 4.78 is 5.31. The van der Waals surface area contributed by atoms with E-state index in [4.69, 9.17) is 4.74 Å². The number of ether oxygens (including phenoxy) is 1. The molecule has 102 valence electrons. The van der Waals surface area contributed by atoms with Gasteiger partial charge in [0.05, 0.1) is 13.2 Å². The summed E-state index contributed by atoms with van der Waals surface area (Å²) in [5, 5.41) is 0. The highest BCUT2D eigenvalue weighted by molar-refractivity contribution is 4.86. The quantitative estimate of drug-likeness (QED) is 0.753. The molecule has 0 spiro atoms. The second kappa shape index (κ2) is 6.72. The Bertz CT molecular complexity index is 208. The van der Waals surface area contributed by atoms with E-state index in [-0.39, 0.29) is 0 Å². The summed E-state index contributed by atoms with van der Waals surface area (Å²) in [6.07, 6.45) is 2.65. The molecule has 0 aromatic heterocycles. The molecule has 2 saturated heterocycles. The van der Waals surface area contributed by atoms with Crippen LogP contribution in [0.25, 0.3) is 0 Å². The second-order valence-corrected chi connectivity index (χ2v) is 5.75. The van der Waals surface area contributed by atoms with Crippen LogP contribution in [-0.4, -0.2) is 62.8 Å². The molecule has 2 heterocycles. The zero-order valence-electron chi connectivity index (χ0n) is 12.3. The molecule has 2 aliphatic rings. The Kier molecular flexibility index (Phi) is 5.90. The number of hydrogen-bond donors (Lipinski definition) is 0. The van der Waals surface area contributed by atoms with E-state index in [1.165, 1.54) is 32.5 Å². The number of hydrogen-bond acceptors (Lipinski definition) is 3. The number of rotatable bonds is 3. The summed E-state index contributed by atoms with van der Waals surface area (Å²) >= 11 is 0. The van der Waals surface area contributed by atoms with Gasteiger partial charge in [-0.25, -0.2) is 0 Å². The van der Waals surface area contributed by atoms with Crippen molar-refractivity contribution in [3.63, 3.8) is 0 Å². The van der Waals surface area contributed by atoms with Crippen molar-refractivity contribution < 1.29 is 4.74 Å². The summed E-state index contributed by atoms with van der Waals surface area (Å²) in [4.78, 5) is 4.98. The first-order chi connectivity index (χ1) is 8.09. The Balaban J connectivity index is 0.000000686. The summed E-state index contributed by atoms with van der Waals surface area (Å²) in [5.74, 6) is 0. The molecule has 0 atom stereocenters. The van der Waals surface area contributed by atoms with Gasteiger partial charge in [0.25, 0.3) is 0 Å². The van der Waals surface area contributed by atoms with Crippen molar-refractivity contribution >= 4 is 0 Å². The molecule has 2 rings (SSSR count). The maximum Gasteiger partial charge on any atom is 0.0554 e. The van der Waals surface area contributed by atoms with Crippen molar-refractivity contribution in [2.75, 3.05) is 46.9 Å². The lowest BCUT2D eigenvalue weighted by Crippen LogP contribution is -2.51. The third kappa shape index (κ3) is 4.23. The van der Waals surface area contributed by atoms with E-state index in [2.05, 4.69) is 30.8 Å². The summed E-state index contributed by atoms with van der Waals surface area (Å²) in [5.41, 5.74) is 0.429. The molecule has 0 saturated carbocycles. The number of likely N-dealkylation sites (tertiary alicyclic amines) is 1. The fraction of sp³-hybridized carbons (Fsp3) is 1.00. The molecule has 2 aliphatic heterocycles. The average molecular weight is 242 g/mol. The lowest BCUT2D eigenvalue weighted by Gasteiger charge is -2.44. The largest absolute Gasteiger partial charge is 0.380 e. The van der Waals surface area contributed by atoms with Gasteiger partial charge < -0.3 is 14.5 Å². The van der Waals surface area contributed by atoms with Crippen LogP contribution in [0.2, 0.25) is 0 Å². The minimum atomic E-state index is 0.429. The first-order valence-corrected chi connectivity index (χ1v) is 7.06. The van der Waals surface area contributed by atoms with Gasteiger partial charge in [-0.2, -0.15) is 0 Å². The van der Waals surface area contributed by atoms with Crippen molar-refractivity contribution in [2.24, 2.45) is 5.41 Å². The minimum Gasteiger partial charge on any atom is -0.380 e. The van der Waals surface area contributed by atoms with Crippen molar-refractivity contribution in [3.05, 3.63) is 0 Å². The van der Waals surface area contributed by atoms with Crippen LogP contribution in [0.3, 0.4) is 0 Å². The standard InChI is InChI=1S/C12H24N2O.C2H6/c1-12(9-15-10-12)8-14(3)11-4-6-13(2)7-5-11;1-2/h11H,4-10H2,1-3H3;1-2H3. The first-order valence-electron chi connectivity index (χ1n) is 7.06. The van der Waals surface area contributed by atoms with E-state index in [1.807, 2.05) is 13.8 Å². The molecule has 0 amide bonds. The predicted molar refractivity (Wildman–Crippen MR) is 73.4 cm³/mol. The van der Waals surface area contributed by atoms with E-state index < -0.39 is 0 Å². The van der Waals surface area contributed by atoms with Gasteiger partial charge in [-0.3, -0.25) is 0 Å². The maximum absolute atomic E-state index is 5.31. The van der Waals surface area contributed by atoms with Gasteiger partial charge >= 0.3 is 0 Å². The Morgan fingerprint density at radius 1 is 1.24 bits per heavy atom. The lowest BCUT2D eigenvalue weighted by atomic mass is 9.87. The highest BCUT2D eigenvalue weighted by atomic mass is 16.5. The molecule has 3 nitrogen and oxygen atoms in total. The predicted octanol–water partition coefficient (Wildman–Crippen LogP) is 2.08. The molecule has 0 bridgehead atoms. The first kappa shape index (κ1) is 14.9. The smallest absolute Gasteiger partial charge is 0.0554 e. The van der Waals surface area contributed by atoms with Gasteiger partial charge in [0.1, 0.15) is 0 Å². The average Bonchev–Trinajstić information content (AvgIpc) is 2.30. The lowest BCUT2D eigenvalue weighted by molar-refractivity contribution is -0.117. The van der Waals surface area contributed by atoms with Gasteiger partial charge in [-0.05, 0) is 40.0 Å². The fourth-order valence-corrected chi connectivity index (χ4v) is 2.71. The van der Waals surface area contributed by atoms with Gasteiger partial charge in [0, 0.05) is 18.0 Å². The highest BCUT2D eigenvalue weighted by Gasteiger charge is 2.36. The molecule has 2 fully saturated rings. The van der Waals surface area contributed by atoms with Crippen molar-refractivity contribution in [1.82, 2.24) is 9.80 Å². The van der Waals surface area contributed by atoms with Crippen LogP contribution in [-0.2, 0) is 4.74 Å². The van der Waals surface area contributed by atoms with Crippen molar-refractivity contribution in [3.8, 4) is 0 Å². The topological polar surface area (TPSA) is 15.7 Å². The molecular formula is C14H30N2O. The van der Waals surface area contributed by atoms with Gasteiger partial charge in [0.15, 0.2) is 0 Å². The summed E-state index contributed by atoms with van der Waals surface area (Å²) in [7, 11) is 4.50. The van der Waals surface area contributed by atoms with Crippen molar-refractivity contribution in [2.45, 2.75) is 39.7 Å². The summed E-state index contributed by atoms with van der Waals surface area (Å²) in [6.45, 7) is 11.9. The van der Waals surface area contributed by atoms with Crippen LogP contribution < -0.4 is 0 Å². The molecule has 0 aliphatic carbocycles. The van der Waals surface area contributed by atoms with Crippen LogP contribution >= 0.6 is 0 Å². The van der Waals surface area contributed by atoms with E-state index in [0.717, 1.165) is 19.3 Å². The Morgan fingerprint density at radius 2 is 1.76 bits per heavy atom. The number of nitrogens with zero attached hydrogens (tertiary/aromatic N) is 2. The summed E-state index contributed by atoms with van der Waals surface area (Å²) in [6, 6.07) is 0.790. The zero-order valence-corrected chi connectivity index (χ0v) is 12.3. The van der Waals surface area contributed by atoms with E-state index in [0.29, 0.717) is 5.41 Å². The third-order valence-electron chi connectivity index (χ3n) is 3.84. The zero-order chi connectivity index (χ0) is 12.9. The molecule has 0 aromatic carbocycles. The number of piperidine rings is 1. The van der Waals surface area contributed by atoms with Crippen LogP contribution in [0.5, 0.6) is 0 Å². The Hall–Kier alpha value is -0.120. The van der Waals surface area contributed by atoms with E-state index >= 15 is 0 Å². The second-order valence-electron chi connectivity index (χ2n) is 5.75. The molecule has 0 N–H and O–H groups in total. The molecule has 3 heteroatoms. The highest BCUT2D eigenvalue weighted by Crippen LogP contribution is 2.28. The van der Waals surface area contributed by atoms with Crippen LogP contribution in [0.15, 0.2) is 0 Å². The van der Waals surface area contributed by atoms with Crippen LogP contribution in [0.1, 0.15) is 33.6 Å². The fourth-order valence-electron chi connectivity index (χ4n) is 2.71. The molecule has 17 heavy (non-hydrogen) atoms. The van der Waals surface area contributed by atoms with Gasteiger partial charge in [0.2, 0.25) is 0 Å². The Morgan fingerprint density at radius 3 is 2.18 bits per heavy atom. The monoisotopic (exact) mass is 242 g/mol. The third-order valence-corrected chi connectivity index (χ3v) is 3.84. The SMILES string of the molecule is CC.CN1CCC(N(C)CC2(C)COC2)CC1. The molecule has 0 aromatic rings. The van der Waals surface area contributed by atoms with Crippen LogP contribution in [0.4, 0.5) is 0 Å².